The van der Waals surface area contributed by atoms with Crippen LogP contribution < -0.4 is 10.5 Å². The van der Waals surface area contributed by atoms with E-state index < -0.39 is 15.9 Å². The number of rotatable bonds is 4. The number of aryl methyl sites for hydroxylation is 2. The van der Waals surface area contributed by atoms with E-state index in [-0.39, 0.29) is 16.1 Å². The highest BCUT2D eigenvalue weighted by atomic mass is 35.5. The molecule has 2 aromatic carbocycles. The van der Waals surface area contributed by atoms with Crippen LogP contribution in [0.1, 0.15) is 21.5 Å². The second kappa shape index (κ2) is 5.98. The quantitative estimate of drug-likeness (QED) is 0.898. The number of nitrogens with one attached hydrogen (secondary N) is 1. The molecule has 0 radical (unpaired) electrons. The molecule has 0 fully saturated rings. The molecule has 2 rings (SSSR count). The number of anilines is 1. The molecule has 7 heteroatoms. The maximum absolute atomic E-state index is 12.5. The van der Waals surface area contributed by atoms with E-state index in [1.54, 1.807) is 32.0 Å². The fraction of sp³-hybridized carbons (Fsp3) is 0.133. The first kappa shape index (κ1) is 16.3. The van der Waals surface area contributed by atoms with Crippen LogP contribution in [0.5, 0.6) is 0 Å². The molecule has 5 nitrogen and oxygen atoms in total. The smallest absolute Gasteiger partial charge is 0.261 e. The maximum Gasteiger partial charge on any atom is 0.261 e. The lowest BCUT2D eigenvalue weighted by molar-refractivity contribution is 0.100. The second-order valence-electron chi connectivity index (χ2n) is 4.88. The average Bonchev–Trinajstić information content (AvgIpc) is 2.43. The standard InChI is InChI=1S/C15H15ClN2O3S/c1-9-6-7-11(8-13(9)16)22(20,21)18-14-10(2)4-3-5-12(14)15(17)19/h3-8,18H,1-2H3,(H2,17,19). The normalized spacial score (nSPS) is 11.2. The molecule has 0 aromatic heterocycles. The van der Waals surface area contributed by atoms with Gasteiger partial charge < -0.3 is 5.73 Å². The number of sulfonamides is 1. The summed E-state index contributed by atoms with van der Waals surface area (Å²) in [5, 5.41) is 0.350. The van der Waals surface area contributed by atoms with Crippen molar-refractivity contribution >= 4 is 33.2 Å². The van der Waals surface area contributed by atoms with Gasteiger partial charge in [-0.1, -0.05) is 29.8 Å². The molecule has 2 aromatic rings. The van der Waals surface area contributed by atoms with Gasteiger partial charge in [0.05, 0.1) is 16.1 Å². The fourth-order valence-electron chi connectivity index (χ4n) is 1.94. The van der Waals surface area contributed by atoms with Gasteiger partial charge in [0.2, 0.25) is 0 Å². The van der Waals surface area contributed by atoms with Crippen LogP contribution in [-0.4, -0.2) is 14.3 Å². The molecular formula is C15H15ClN2O3S. The van der Waals surface area contributed by atoms with Gasteiger partial charge in [0.1, 0.15) is 0 Å². The summed E-state index contributed by atoms with van der Waals surface area (Å²) in [6.07, 6.45) is 0. The number of nitrogens with two attached hydrogens (primary N) is 1. The molecular weight excluding hydrogens is 324 g/mol. The van der Waals surface area contributed by atoms with Crippen LogP contribution >= 0.6 is 11.6 Å². The van der Waals surface area contributed by atoms with Crippen molar-refractivity contribution < 1.29 is 13.2 Å². The van der Waals surface area contributed by atoms with Crippen LogP contribution in [0.3, 0.4) is 0 Å². The predicted octanol–water partition coefficient (Wildman–Crippen LogP) is 2.86. The lowest BCUT2D eigenvalue weighted by Gasteiger charge is -2.14. The molecule has 0 bridgehead atoms. The number of hydrogen-bond acceptors (Lipinski definition) is 3. The largest absolute Gasteiger partial charge is 0.366 e. The predicted molar refractivity (Wildman–Crippen MR) is 86.7 cm³/mol. The third-order valence-corrected chi connectivity index (χ3v) is 4.98. The number of carbonyl (C=O) groups excluding carboxylic acids is 1. The van der Waals surface area contributed by atoms with Crippen molar-refractivity contribution in [2.75, 3.05) is 4.72 Å². The molecule has 0 atom stereocenters. The van der Waals surface area contributed by atoms with E-state index in [9.17, 15) is 13.2 Å². The van der Waals surface area contributed by atoms with Gasteiger partial charge in [0.25, 0.3) is 15.9 Å². The summed E-state index contributed by atoms with van der Waals surface area (Å²) in [4.78, 5) is 11.5. The van der Waals surface area contributed by atoms with E-state index in [0.29, 0.717) is 10.6 Å². The molecule has 3 N–H and O–H groups in total. The maximum atomic E-state index is 12.5. The zero-order valence-electron chi connectivity index (χ0n) is 12.1. The van der Waals surface area contributed by atoms with E-state index >= 15 is 0 Å². The first-order valence-electron chi connectivity index (χ1n) is 6.41. The highest BCUT2D eigenvalue weighted by Gasteiger charge is 2.19. The molecule has 0 saturated heterocycles. The number of para-hydroxylation sites is 1. The van der Waals surface area contributed by atoms with Crippen LogP contribution in [0.15, 0.2) is 41.3 Å². The molecule has 0 heterocycles. The van der Waals surface area contributed by atoms with Crippen molar-refractivity contribution in [1.29, 1.82) is 0 Å². The van der Waals surface area contributed by atoms with E-state index in [1.165, 1.54) is 18.2 Å². The Kier molecular flexibility index (Phi) is 4.44. The van der Waals surface area contributed by atoms with Gasteiger partial charge in [0, 0.05) is 5.02 Å². The van der Waals surface area contributed by atoms with Crippen LogP contribution in [0.2, 0.25) is 5.02 Å². The molecule has 0 spiro atoms. The van der Waals surface area contributed by atoms with Crippen LogP contribution in [-0.2, 0) is 10.0 Å². The van der Waals surface area contributed by atoms with Gasteiger partial charge in [-0.2, -0.15) is 0 Å². The van der Waals surface area contributed by atoms with Gasteiger partial charge in [-0.3, -0.25) is 9.52 Å². The monoisotopic (exact) mass is 338 g/mol. The van der Waals surface area contributed by atoms with Gasteiger partial charge in [-0.05, 0) is 43.2 Å². The van der Waals surface area contributed by atoms with Gasteiger partial charge in [0.15, 0.2) is 0 Å². The highest BCUT2D eigenvalue weighted by Crippen LogP contribution is 2.26. The third kappa shape index (κ3) is 3.23. The van der Waals surface area contributed by atoms with Crippen LogP contribution in [0.4, 0.5) is 5.69 Å². The molecule has 0 aliphatic rings. The van der Waals surface area contributed by atoms with Crippen molar-refractivity contribution in [1.82, 2.24) is 0 Å². The van der Waals surface area contributed by atoms with Crippen molar-refractivity contribution in [3.05, 3.63) is 58.1 Å². The molecule has 116 valence electrons. The molecule has 0 aliphatic heterocycles. The van der Waals surface area contributed by atoms with Gasteiger partial charge >= 0.3 is 0 Å². The Labute approximate surface area is 134 Å². The second-order valence-corrected chi connectivity index (χ2v) is 6.97. The minimum atomic E-state index is -3.87. The fourth-order valence-corrected chi connectivity index (χ4v) is 3.37. The first-order valence-corrected chi connectivity index (χ1v) is 8.27. The van der Waals surface area contributed by atoms with Crippen molar-refractivity contribution in [2.45, 2.75) is 18.7 Å². The van der Waals surface area contributed by atoms with Crippen LogP contribution in [0, 0.1) is 13.8 Å². The van der Waals surface area contributed by atoms with Crippen molar-refractivity contribution in [3.63, 3.8) is 0 Å². The van der Waals surface area contributed by atoms with Crippen LogP contribution in [0.25, 0.3) is 0 Å². The minimum Gasteiger partial charge on any atom is -0.366 e. The zero-order valence-corrected chi connectivity index (χ0v) is 13.6. The summed E-state index contributed by atoms with van der Waals surface area (Å²) < 4.78 is 27.4. The minimum absolute atomic E-state index is 0.0155. The van der Waals surface area contributed by atoms with Crippen molar-refractivity contribution in [3.8, 4) is 0 Å². The zero-order chi connectivity index (χ0) is 16.5. The number of amides is 1. The van der Waals surface area contributed by atoms with Gasteiger partial charge in [-0.25, -0.2) is 8.42 Å². The lowest BCUT2D eigenvalue weighted by atomic mass is 10.1. The number of primary amides is 1. The average molecular weight is 339 g/mol. The van der Waals surface area contributed by atoms with E-state index in [0.717, 1.165) is 5.56 Å². The Morgan fingerprint density at radius 3 is 2.41 bits per heavy atom. The Morgan fingerprint density at radius 1 is 1.14 bits per heavy atom. The summed E-state index contributed by atoms with van der Waals surface area (Å²) in [5.74, 6) is -0.705. The summed E-state index contributed by atoms with van der Waals surface area (Å²) in [6.45, 7) is 3.46. The third-order valence-electron chi connectivity index (χ3n) is 3.23. The van der Waals surface area contributed by atoms with E-state index in [4.69, 9.17) is 17.3 Å². The first-order chi connectivity index (χ1) is 10.2. The van der Waals surface area contributed by atoms with Crippen molar-refractivity contribution in [2.24, 2.45) is 5.73 Å². The molecule has 22 heavy (non-hydrogen) atoms. The number of hydrogen-bond donors (Lipinski definition) is 2. The van der Waals surface area contributed by atoms with E-state index in [1.807, 2.05) is 0 Å². The Balaban J connectivity index is 2.50. The SMILES string of the molecule is Cc1ccc(S(=O)(=O)Nc2c(C)cccc2C(N)=O)cc1Cl. The summed E-state index contributed by atoms with van der Waals surface area (Å²) in [5.41, 5.74) is 6.94. The van der Waals surface area contributed by atoms with Gasteiger partial charge in [-0.15, -0.1) is 0 Å². The topological polar surface area (TPSA) is 89.3 Å². The Bertz CT molecular complexity index is 848. The highest BCUT2D eigenvalue weighted by molar-refractivity contribution is 7.92. The summed E-state index contributed by atoms with van der Waals surface area (Å²) in [6, 6.07) is 9.22. The summed E-state index contributed by atoms with van der Waals surface area (Å²) in [7, 11) is -3.87. The molecule has 0 saturated carbocycles. The molecule has 0 aliphatic carbocycles. The number of halogens is 1. The number of benzene rings is 2. The molecule has 1 amide bonds. The Morgan fingerprint density at radius 2 is 1.82 bits per heavy atom. The summed E-state index contributed by atoms with van der Waals surface area (Å²) >= 11 is 5.97. The number of carbonyl (C=O) groups is 1. The lowest BCUT2D eigenvalue weighted by Crippen LogP contribution is -2.19. The Hall–Kier alpha value is -2.05. The molecule has 0 unspecified atom stereocenters. The van der Waals surface area contributed by atoms with E-state index in [2.05, 4.69) is 4.72 Å².